The first-order valence-electron chi connectivity index (χ1n) is 8.29. The predicted octanol–water partition coefficient (Wildman–Crippen LogP) is 3.17. The first-order valence-corrected chi connectivity index (χ1v) is 8.29. The van der Waals surface area contributed by atoms with Crippen LogP contribution in [0.3, 0.4) is 0 Å². The summed E-state index contributed by atoms with van der Waals surface area (Å²) >= 11 is 0. The van der Waals surface area contributed by atoms with Crippen molar-refractivity contribution in [2.45, 2.75) is 76.8 Å². The second-order valence-electron chi connectivity index (χ2n) is 7.07. The number of likely N-dealkylation sites (tertiary alicyclic amines) is 1. The number of hydrogen-bond acceptors (Lipinski definition) is 2. The van der Waals surface area contributed by atoms with E-state index >= 15 is 0 Å². The molecule has 3 aliphatic rings. The Labute approximate surface area is 113 Å². The van der Waals surface area contributed by atoms with Crippen LogP contribution < -0.4 is 5.32 Å². The van der Waals surface area contributed by atoms with Crippen LogP contribution in [0.4, 0.5) is 0 Å². The van der Waals surface area contributed by atoms with Gasteiger partial charge in [-0.25, -0.2) is 0 Å². The number of rotatable bonds is 4. The molecule has 0 amide bonds. The first-order chi connectivity index (χ1) is 8.81. The van der Waals surface area contributed by atoms with Crippen molar-refractivity contribution in [1.29, 1.82) is 0 Å². The molecule has 18 heavy (non-hydrogen) atoms. The molecule has 0 aromatic rings. The van der Waals surface area contributed by atoms with Gasteiger partial charge in [-0.1, -0.05) is 19.8 Å². The molecule has 3 rings (SSSR count). The van der Waals surface area contributed by atoms with Gasteiger partial charge in [0.1, 0.15) is 0 Å². The quantitative estimate of drug-likeness (QED) is 0.824. The molecule has 0 atom stereocenters. The van der Waals surface area contributed by atoms with Crippen LogP contribution in [0.1, 0.15) is 64.7 Å². The molecule has 1 saturated heterocycles. The zero-order chi connectivity index (χ0) is 12.4. The van der Waals surface area contributed by atoms with Crippen molar-refractivity contribution in [2.24, 2.45) is 5.41 Å². The summed E-state index contributed by atoms with van der Waals surface area (Å²) in [4.78, 5) is 2.81. The van der Waals surface area contributed by atoms with Gasteiger partial charge in [0, 0.05) is 25.2 Å². The Balaban J connectivity index is 1.39. The first kappa shape index (κ1) is 12.9. The highest BCUT2D eigenvalue weighted by molar-refractivity contribution is 5.00. The minimum Gasteiger partial charge on any atom is -0.314 e. The second kappa shape index (κ2) is 5.50. The minimum absolute atomic E-state index is 0.789. The fraction of sp³-hybridized carbons (Fsp3) is 1.00. The standard InChI is InChI=1S/C16H30N2/c1-2-11-17-14-5-7-15(8-6-14)18-12-16(13-18)9-3-4-10-16/h14-15,17H,2-13H2,1H3. The maximum Gasteiger partial charge on any atom is 0.00968 e. The van der Waals surface area contributed by atoms with E-state index in [0.29, 0.717) is 0 Å². The maximum absolute atomic E-state index is 3.70. The van der Waals surface area contributed by atoms with Crippen molar-refractivity contribution in [3.63, 3.8) is 0 Å². The molecule has 0 aromatic carbocycles. The molecule has 2 heteroatoms. The highest BCUT2D eigenvalue weighted by Gasteiger charge is 2.46. The van der Waals surface area contributed by atoms with Crippen LogP contribution in [0.5, 0.6) is 0 Å². The highest BCUT2D eigenvalue weighted by atomic mass is 15.2. The number of nitrogens with zero attached hydrogens (tertiary/aromatic N) is 1. The summed E-state index contributed by atoms with van der Waals surface area (Å²) in [5.41, 5.74) is 0.789. The van der Waals surface area contributed by atoms with Crippen molar-refractivity contribution in [3.05, 3.63) is 0 Å². The highest BCUT2D eigenvalue weighted by Crippen LogP contribution is 2.47. The molecular formula is C16H30N2. The zero-order valence-corrected chi connectivity index (χ0v) is 12.1. The molecule has 0 bridgehead atoms. The van der Waals surface area contributed by atoms with Crippen LogP contribution in [0, 0.1) is 5.41 Å². The third-order valence-corrected chi connectivity index (χ3v) is 5.64. The average molecular weight is 250 g/mol. The van der Waals surface area contributed by atoms with Crippen LogP contribution in [-0.4, -0.2) is 36.6 Å². The lowest BCUT2D eigenvalue weighted by molar-refractivity contribution is -0.0388. The zero-order valence-electron chi connectivity index (χ0n) is 12.1. The summed E-state index contributed by atoms with van der Waals surface area (Å²) < 4.78 is 0. The van der Waals surface area contributed by atoms with E-state index in [9.17, 15) is 0 Å². The van der Waals surface area contributed by atoms with E-state index in [1.165, 1.54) is 77.4 Å². The Morgan fingerprint density at radius 3 is 2.33 bits per heavy atom. The van der Waals surface area contributed by atoms with Gasteiger partial charge in [-0.2, -0.15) is 0 Å². The molecule has 1 N–H and O–H groups in total. The van der Waals surface area contributed by atoms with Gasteiger partial charge in [0.15, 0.2) is 0 Å². The van der Waals surface area contributed by atoms with E-state index in [0.717, 1.165) is 17.5 Å². The number of nitrogens with one attached hydrogen (secondary N) is 1. The fourth-order valence-corrected chi connectivity index (χ4v) is 4.51. The van der Waals surface area contributed by atoms with E-state index in [2.05, 4.69) is 17.1 Å². The van der Waals surface area contributed by atoms with Crippen molar-refractivity contribution in [1.82, 2.24) is 10.2 Å². The van der Waals surface area contributed by atoms with Gasteiger partial charge in [0.05, 0.1) is 0 Å². The van der Waals surface area contributed by atoms with Gasteiger partial charge < -0.3 is 5.32 Å². The van der Waals surface area contributed by atoms with E-state index in [1.54, 1.807) is 0 Å². The Hall–Kier alpha value is -0.0800. The van der Waals surface area contributed by atoms with Crippen molar-refractivity contribution < 1.29 is 0 Å². The molecule has 2 nitrogen and oxygen atoms in total. The molecule has 0 aromatic heterocycles. The van der Waals surface area contributed by atoms with E-state index in [1.807, 2.05) is 0 Å². The molecule has 104 valence electrons. The summed E-state index contributed by atoms with van der Waals surface area (Å²) in [6.45, 7) is 6.34. The van der Waals surface area contributed by atoms with E-state index < -0.39 is 0 Å². The summed E-state index contributed by atoms with van der Waals surface area (Å²) in [6, 6.07) is 1.75. The summed E-state index contributed by atoms with van der Waals surface area (Å²) in [7, 11) is 0. The third kappa shape index (κ3) is 2.60. The number of hydrogen-bond donors (Lipinski definition) is 1. The van der Waals surface area contributed by atoms with Crippen molar-refractivity contribution in [2.75, 3.05) is 19.6 Å². The van der Waals surface area contributed by atoms with Crippen LogP contribution in [0.15, 0.2) is 0 Å². The third-order valence-electron chi connectivity index (χ3n) is 5.64. The topological polar surface area (TPSA) is 15.3 Å². The molecule has 2 saturated carbocycles. The predicted molar refractivity (Wildman–Crippen MR) is 76.8 cm³/mol. The van der Waals surface area contributed by atoms with Crippen LogP contribution in [0.25, 0.3) is 0 Å². The van der Waals surface area contributed by atoms with Gasteiger partial charge in [-0.05, 0) is 56.9 Å². The Morgan fingerprint density at radius 2 is 1.72 bits per heavy atom. The molecule has 0 unspecified atom stereocenters. The normalized spacial score (nSPS) is 35.8. The van der Waals surface area contributed by atoms with Crippen molar-refractivity contribution in [3.8, 4) is 0 Å². The Kier molecular flexibility index (Phi) is 3.95. The van der Waals surface area contributed by atoms with Gasteiger partial charge in [0.25, 0.3) is 0 Å². The van der Waals surface area contributed by atoms with Crippen LogP contribution >= 0.6 is 0 Å². The lowest BCUT2D eigenvalue weighted by Crippen LogP contribution is -2.59. The fourth-order valence-electron chi connectivity index (χ4n) is 4.51. The SMILES string of the molecule is CCCNC1CCC(N2CC3(CCCC3)C2)CC1. The van der Waals surface area contributed by atoms with Crippen LogP contribution in [-0.2, 0) is 0 Å². The average Bonchev–Trinajstić information content (AvgIpc) is 2.85. The maximum atomic E-state index is 3.70. The van der Waals surface area contributed by atoms with Crippen LogP contribution in [0.2, 0.25) is 0 Å². The molecule has 1 aliphatic heterocycles. The molecule has 3 fully saturated rings. The molecular weight excluding hydrogens is 220 g/mol. The molecule has 1 spiro atoms. The van der Waals surface area contributed by atoms with Gasteiger partial charge >= 0.3 is 0 Å². The van der Waals surface area contributed by atoms with E-state index in [4.69, 9.17) is 0 Å². The van der Waals surface area contributed by atoms with Gasteiger partial charge in [-0.3, -0.25) is 4.90 Å². The second-order valence-corrected chi connectivity index (χ2v) is 7.07. The summed E-state index contributed by atoms with van der Waals surface area (Å²) in [5, 5.41) is 3.70. The smallest absolute Gasteiger partial charge is 0.00968 e. The van der Waals surface area contributed by atoms with Crippen molar-refractivity contribution >= 4 is 0 Å². The van der Waals surface area contributed by atoms with Gasteiger partial charge in [-0.15, -0.1) is 0 Å². The Morgan fingerprint density at radius 1 is 1.06 bits per heavy atom. The largest absolute Gasteiger partial charge is 0.314 e. The summed E-state index contributed by atoms with van der Waals surface area (Å²) in [5.74, 6) is 0. The molecule has 1 heterocycles. The lowest BCUT2D eigenvalue weighted by Gasteiger charge is -2.53. The summed E-state index contributed by atoms with van der Waals surface area (Å²) in [6.07, 6.45) is 13.0. The molecule has 2 aliphatic carbocycles. The Bertz CT molecular complexity index is 254. The lowest BCUT2D eigenvalue weighted by atomic mass is 9.75. The van der Waals surface area contributed by atoms with E-state index in [-0.39, 0.29) is 0 Å². The monoisotopic (exact) mass is 250 g/mol. The minimum atomic E-state index is 0.789. The molecule has 0 radical (unpaired) electrons. The van der Waals surface area contributed by atoms with Gasteiger partial charge in [0.2, 0.25) is 0 Å².